The normalized spacial score (nSPS) is 20.0. The first-order valence-corrected chi connectivity index (χ1v) is 14.0. The average molecular weight is 558 g/mol. The van der Waals surface area contributed by atoms with Crippen molar-refractivity contribution in [3.05, 3.63) is 105 Å². The number of phenolic OH excluding ortho intramolecular Hbond substituents is 1. The maximum atomic E-state index is 13.9. The number of carbonyl (C=O) groups is 3. The van der Waals surface area contributed by atoms with Gasteiger partial charge in [-0.2, -0.15) is 0 Å². The highest BCUT2D eigenvalue weighted by atomic mass is 32.2. The smallest absolute Gasteiger partial charge is 0.308 e. The molecule has 4 aromatic rings. The van der Waals surface area contributed by atoms with Gasteiger partial charge in [-0.05, 0) is 48.9 Å². The number of carbonyl (C=O) groups excluding carboxylic acids is 3. The van der Waals surface area contributed by atoms with Gasteiger partial charge in [0, 0.05) is 16.5 Å². The lowest BCUT2D eigenvalue weighted by Crippen LogP contribution is -2.33. The quantitative estimate of drug-likeness (QED) is 0.279. The van der Waals surface area contributed by atoms with E-state index in [4.69, 9.17) is 0 Å². The fourth-order valence-corrected chi connectivity index (χ4v) is 7.89. The lowest BCUT2D eigenvalue weighted by molar-refractivity contribution is -0.122. The molecule has 0 radical (unpaired) electrons. The first-order valence-electron chi connectivity index (χ1n) is 12.3. The summed E-state index contributed by atoms with van der Waals surface area (Å²) in [6.07, 6.45) is 0. The largest absolute Gasteiger partial charge is 0.508 e. The Kier molecular flexibility index (Phi) is 6.36. The highest BCUT2D eigenvalue weighted by molar-refractivity contribution is 8.00. The SMILES string of the molecule is Cc1ccc(N2C(=O)C3Sc4c(sc(=O)n4CC(=O)Nc4ccc(O)cc4)C(c4ccccc4)C3C2=O)cc1. The van der Waals surface area contributed by atoms with Crippen LogP contribution in [0.3, 0.4) is 0 Å². The van der Waals surface area contributed by atoms with E-state index >= 15 is 0 Å². The molecule has 2 aliphatic rings. The minimum Gasteiger partial charge on any atom is -0.508 e. The zero-order valence-corrected chi connectivity index (χ0v) is 22.4. The predicted molar refractivity (Wildman–Crippen MR) is 150 cm³/mol. The summed E-state index contributed by atoms with van der Waals surface area (Å²) in [5, 5.41) is 12.0. The molecule has 3 aromatic carbocycles. The fraction of sp³-hybridized carbons (Fsp3) is 0.172. The van der Waals surface area contributed by atoms with Crippen molar-refractivity contribution in [2.45, 2.75) is 29.7 Å². The lowest BCUT2D eigenvalue weighted by Gasteiger charge is -2.30. The molecule has 3 amide bonds. The number of nitrogens with zero attached hydrogens (tertiary/aromatic N) is 2. The lowest BCUT2D eigenvalue weighted by atomic mass is 9.83. The Hall–Kier alpha value is -4.15. The van der Waals surface area contributed by atoms with E-state index in [1.807, 2.05) is 49.4 Å². The van der Waals surface area contributed by atoms with Crippen LogP contribution in [0.25, 0.3) is 0 Å². The van der Waals surface area contributed by atoms with E-state index in [0.717, 1.165) is 22.5 Å². The number of aryl methyl sites for hydroxylation is 1. The van der Waals surface area contributed by atoms with Gasteiger partial charge in [-0.1, -0.05) is 71.1 Å². The van der Waals surface area contributed by atoms with Crippen LogP contribution < -0.4 is 15.1 Å². The number of aromatic hydroxyl groups is 1. The van der Waals surface area contributed by atoms with Gasteiger partial charge in [0.2, 0.25) is 17.7 Å². The zero-order chi connectivity index (χ0) is 27.3. The summed E-state index contributed by atoms with van der Waals surface area (Å²) in [6.45, 7) is 1.69. The number of phenols is 1. The molecule has 0 spiro atoms. The molecule has 0 aliphatic carbocycles. The third-order valence-corrected chi connectivity index (χ3v) is 9.56. The average Bonchev–Trinajstić information content (AvgIpc) is 3.37. The Morgan fingerprint density at radius 2 is 1.62 bits per heavy atom. The van der Waals surface area contributed by atoms with Crippen molar-refractivity contribution in [2.75, 3.05) is 10.2 Å². The second-order valence-corrected chi connectivity index (χ2v) is 11.6. The van der Waals surface area contributed by atoms with E-state index in [1.54, 1.807) is 24.3 Å². The van der Waals surface area contributed by atoms with Gasteiger partial charge in [0.1, 0.15) is 17.5 Å². The van der Waals surface area contributed by atoms with Crippen LogP contribution in [0, 0.1) is 12.8 Å². The van der Waals surface area contributed by atoms with E-state index < -0.39 is 23.0 Å². The number of anilines is 2. The molecule has 1 fully saturated rings. The molecule has 3 atom stereocenters. The van der Waals surface area contributed by atoms with E-state index in [1.165, 1.54) is 33.4 Å². The number of imide groups is 1. The number of rotatable bonds is 5. The highest BCUT2D eigenvalue weighted by Crippen LogP contribution is 2.53. The van der Waals surface area contributed by atoms with Crippen molar-refractivity contribution in [3.63, 3.8) is 0 Å². The summed E-state index contributed by atoms with van der Waals surface area (Å²) < 4.78 is 1.39. The maximum absolute atomic E-state index is 13.9. The van der Waals surface area contributed by atoms with Gasteiger partial charge in [-0.3, -0.25) is 23.7 Å². The number of benzene rings is 3. The van der Waals surface area contributed by atoms with Gasteiger partial charge in [-0.25, -0.2) is 4.90 Å². The summed E-state index contributed by atoms with van der Waals surface area (Å²) in [5.74, 6) is -2.15. The molecule has 1 saturated heterocycles. The fourth-order valence-electron chi connectivity index (χ4n) is 5.11. The summed E-state index contributed by atoms with van der Waals surface area (Å²) in [6, 6.07) is 22.7. The van der Waals surface area contributed by atoms with Gasteiger partial charge in [0.05, 0.1) is 16.6 Å². The number of hydrogen-bond acceptors (Lipinski definition) is 7. The second-order valence-electron chi connectivity index (χ2n) is 9.52. The van der Waals surface area contributed by atoms with Crippen molar-refractivity contribution in [1.29, 1.82) is 0 Å². The van der Waals surface area contributed by atoms with Crippen molar-refractivity contribution in [3.8, 4) is 5.75 Å². The molecule has 196 valence electrons. The van der Waals surface area contributed by atoms with Gasteiger partial charge >= 0.3 is 4.87 Å². The predicted octanol–water partition coefficient (Wildman–Crippen LogP) is 4.36. The standard InChI is InChI=1S/C29H23N3O5S2/c1-16-7-11-19(12-8-16)32-26(35)23-22(17-5-3-2-4-6-17)25-28(38-24(23)27(32)36)31(29(37)39-25)15-21(34)30-18-9-13-20(33)14-10-18/h2-14,22-24,33H,15H2,1H3,(H,30,34). The number of amides is 3. The Labute approximate surface area is 231 Å². The molecule has 2 aliphatic heterocycles. The molecule has 3 unspecified atom stereocenters. The minimum atomic E-state index is -0.739. The summed E-state index contributed by atoms with van der Waals surface area (Å²) in [4.78, 5) is 55.3. The van der Waals surface area contributed by atoms with Gasteiger partial charge in [0.15, 0.2) is 0 Å². The summed E-state index contributed by atoms with van der Waals surface area (Å²) in [5.41, 5.74) is 2.85. The maximum Gasteiger partial charge on any atom is 0.308 e. The molecule has 10 heteroatoms. The molecule has 2 N–H and O–H groups in total. The number of fused-ring (bicyclic) bond motifs is 2. The number of thiazole rings is 1. The Bertz CT molecular complexity index is 1650. The topological polar surface area (TPSA) is 109 Å². The molecular weight excluding hydrogens is 534 g/mol. The first-order chi connectivity index (χ1) is 18.8. The van der Waals surface area contributed by atoms with Crippen LogP contribution in [0.4, 0.5) is 11.4 Å². The molecule has 1 aromatic heterocycles. The van der Waals surface area contributed by atoms with Crippen LogP contribution in [0.2, 0.25) is 0 Å². The Morgan fingerprint density at radius 3 is 2.31 bits per heavy atom. The Balaban J connectivity index is 1.39. The van der Waals surface area contributed by atoms with E-state index in [-0.39, 0.29) is 29.0 Å². The molecule has 39 heavy (non-hydrogen) atoms. The van der Waals surface area contributed by atoms with Gasteiger partial charge < -0.3 is 10.4 Å². The summed E-state index contributed by atoms with van der Waals surface area (Å²) >= 11 is 2.20. The number of aromatic nitrogens is 1. The van der Waals surface area contributed by atoms with E-state index in [9.17, 15) is 24.3 Å². The zero-order valence-electron chi connectivity index (χ0n) is 20.7. The van der Waals surface area contributed by atoms with E-state index in [2.05, 4.69) is 5.32 Å². The monoisotopic (exact) mass is 557 g/mol. The molecule has 6 rings (SSSR count). The van der Waals surface area contributed by atoms with Crippen LogP contribution >= 0.6 is 23.1 Å². The number of nitrogens with one attached hydrogen (secondary N) is 1. The molecular formula is C29H23N3O5S2. The van der Waals surface area contributed by atoms with Gasteiger partial charge in [0.25, 0.3) is 0 Å². The van der Waals surface area contributed by atoms with Crippen molar-refractivity contribution in [2.24, 2.45) is 5.92 Å². The Morgan fingerprint density at radius 1 is 0.923 bits per heavy atom. The van der Waals surface area contributed by atoms with Crippen molar-refractivity contribution in [1.82, 2.24) is 4.57 Å². The first kappa shape index (κ1) is 25.1. The third kappa shape index (κ3) is 4.45. The van der Waals surface area contributed by atoms with Gasteiger partial charge in [-0.15, -0.1) is 0 Å². The molecule has 0 saturated carbocycles. The van der Waals surface area contributed by atoms with Crippen LogP contribution in [-0.4, -0.2) is 32.6 Å². The van der Waals surface area contributed by atoms with E-state index in [0.29, 0.717) is 21.3 Å². The second kappa shape index (κ2) is 9.87. The van der Waals surface area contributed by atoms with Crippen molar-refractivity contribution < 1.29 is 19.5 Å². The molecule has 8 nitrogen and oxygen atoms in total. The molecule has 0 bridgehead atoms. The van der Waals surface area contributed by atoms with Crippen molar-refractivity contribution >= 4 is 52.2 Å². The molecule has 3 heterocycles. The minimum absolute atomic E-state index is 0.0736. The highest BCUT2D eigenvalue weighted by Gasteiger charge is 2.56. The summed E-state index contributed by atoms with van der Waals surface area (Å²) in [7, 11) is 0. The number of thioether (sulfide) groups is 1. The number of hydrogen-bond donors (Lipinski definition) is 2. The van der Waals surface area contributed by atoms with Crippen LogP contribution in [-0.2, 0) is 20.9 Å². The van der Waals surface area contributed by atoms with Crippen LogP contribution in [0.15, 0.2) is 88.7 Å². The van der Waals surface area contributed by atoms with Crippen LogP contribution in [0.5, 0.6) is 5.75 Å². The third-order valence-electron chi connectivity index (χ3n) is 6.95. The van der Waals surface area contributed by atoms with Crippen LogP contribution in [0.1, 0.15) is 21.9 Å².